The third kappa shape index (κ3) is 2.70. The summed E-state index contributed by atoms with van der Waals surface area (Å²) in [6.07, 6.45) is 4.04. The molecule has 1 rings (SSSR count). The molecule has 0 aliphatic carbocycles. The van der Waals surface area contributed by atoms with Crippen LogP contribution in [0.5, 0.6) is 0 Å². The molecule has 0 spiro atoms. The molecule has 0 aromatic carbocycles. The first kappa shape index (κ1) is 12.9. The lowest BCUT2D eigenvalue weighted by molar-refractivity contribution is 0.580. The van der Waals surface area contributed by atoms with Crippen LogP contribution in [0.2, 0.25) is 0 Å². The van der Waals surface area contributed by atoms with Crippen LogP contribution in [0, 0.1) is 6.92 Å². The summed E-state index contributed by atoms with van der Waals surface area (Å²) in [5, 5.41) is 0. The molecular weight excluding hydrogens is 200 g/mol. The lowest BCUT2D eigenvalue weighted by atomic mass is 10.1. The molecule has 0 aliphatic heterocycles. The molecule has 0 aliphatic rings. The molecule has 0 fully saturated rings. The summed E-state index contributed by atoms with van der Waals surface area (Å²) in [4.78, 5) is 11.0. The Morgan fingerprint density at radius 1 is 1.38 bits per heavy atom. The van der Waals surface area contributed by atoms with Crippen molar-refractivity contribution in [3.63, 3.8) is 0 Å². The van der Waals surface area contributed by atoms with Crippen LogP contribution in [-0.2, 0) is 6.54 Å². The summed E-state index contributed by atoms with van der Waals surface area (Å²) in [6, 6.07) is 0.503. The van der Waals surface area contributed by atoms with Gasteiger partial charge in [0.05, 0.1) is 0 Å². The monoisotopic (exact) mass is 222 g/mol. The van der Waals surface area contributed by atoms with Crippen molar-refractivity contribution in [2.75, 3.05) is 11.9 Å². The summed E-state index contributed by atoms with van der Waals surface area (Å²) in [5.41, 5.74) is 7.59. The van der Waals surface area contributed by atoms with Crippen LogP contribution in [0.1, 0.15) is 37.9 Å². The van der Waals surface area contributed by atoms with E-state index in [0.717, 1.165) is 30.0 Å². The average molecular weight is 222 g/mol. The number of nitrogens with two attached hydrogens (primary N) is 1. The summed E-state index contributed by atoms with van der Waals surface area (Å²) in [6.45, 7) is 6.85. The third-order valence-corrected chi connectivity index (χ3v) is 3.09. The van der Waals surface area contributed by atoms with E-state index in [9.17, 15) is 0 Å². The highest BCUT2D eigenvalue weighted by molar-refractivity contribution is 5.33. The van der Waals surface area contributed by atoms with E-state index in [-0.39, 0.29) is 0 Å². The van der Waals surface area contributed by atoms with Gasteiger partial charge in [-0.15, -0.1) is 0 Å². The predicted octanol–water partition coefficient (Wildman–Crippen LogP) is 1.87. The van der Waals surface area contributed by atoms with Crippen LogP contribution in [-0.4, -0.2) is 23.1 Å². The zero-order valence-electron chi connectivity index (χ0n) is 10.7. The lowest BCUT2D eigenvalue weighted by Crippen LogP contribution is -2.32. The smallest absolute Gasteiger partial charge is 0.225 e. The van der Waals surface area contributed by atoms with Crippen molar-refractivity contribution in [3.05, 3.63) is 17.5 Å². The van der Waals surface area contributed by atoms with Gasteiger partial charge in [0.1, 0.15) is 0 Å². The van der Waals surface area contributed by atoms with Gasteiger partial charge in [-0.25, -0.2) is 9.97 Å². The Morgan fingerprint density at radius 2 is 2.00 bits per heavy atom. The highest BCUT2D eigenvalue weighted by Gasteiger charge is 2.14. The molecule has 1 aromatic rings. The normalized spacial score (nSPS) is 10.9. The number of hydrogen-bond donors (Lipinski definition) is 1. The fourth-order valence-electron chi connectivity index (χ4n) is 1.85. The molecule has 0 saturated heterocycles. The van der Waals surface area contributed by atoms with E-state index in [4.69, 9.17) is 5.73 Å². The highest BCUT2D eigenvalue weighted by atomic mass is 15.2. The van der Waals surface area contributed by atoms with Gasteiger partial charge >= 0.3 is 0 Å². The second kappa shape index (κ2) is 5.80. The predicted molar refractivity (Wildman–Crippen MR) is 67.4 cm³/mol. The first-order valence-corrected chi connectivity index (χ1v) is 5.89. The molecule has 16 heavy (non-hydrogen) atoms. The summed E-state index contributed by atoms with van der Waals surface area (Å²) in [5.74, 6) is 0.795. The van der Waals surface area contributed by atoms with Crippen molar-refractivity contribution >= 4 is 5.95 Å². The van der Waals surface area contributed by atoms with Gasteiger partial charge in [-0.2, -0.15) is 0 Å². The zero-order valence-corrected chi connectivity index (χ0v) is 10.7. The Morgan fingerprint density at radius 3 is 2.44 bits per heavy atom. The largest absolute Gasteiger partial charge is 0.341 e. The Bertz CT molecular complexity index is 334. The summed E-state index contributed by atoms with van der Waals surface area (Å²) < 4.78 is 0. The quantitative estimate of drug-likeness (QED) is 0.826. The van der Waals surface area contributed by atoms with E-state index < -0.39 is 0 Å². The first-order valence-electron chi connectivity index (χ1n) is 5.89. The van der Waals surface area contributed by atoms with Crippen LogP contribution in [0.25, 0.3) is 0 Å². The standard InChI is InChI=1S/C12H22N4/c1-5-11(6-2)16(4)12-14-8-10(7-13)9(3)15-12/h8,11H,5-7,13H2,1-4H3. The molecule has 0 bridgehead atoms. The van der Waals surface area contributed by atoms with Crippen LogP contribution in [0.4, 0.5) is 5.95 Å². The van der Waals surface area contributed by atoms with Crippen LogP contribution < -0.4 is 10.6 Å². The second-order valence-electron chi connectivity index (χ2n) is 4.07. The van der Waals surface area contributed by atoms with Gasteiger partial charge < -0.3 is 10.6 Å². The van der Waals surface area contributed by atoms with E-state index in [1.165, 1.54) is 0 Å². The van der Waals surface area contributed by atoms with Gasteiger partial charge in [0, 0.05) is 37.1 Å². The summed E-state index contributed by atoms with van der Waals surface area (Å²) in [7, 11) is 2.05. The highest BCUT2D eigenvalue weighted by Crippen LogP contribution is 2.15. The maximum absolute atomic E-state index is 5.60. The van der Waals surface area contributed by atoms with Gasteiger partial charge in [-0.3, -0.25) is 0 Å². The number of aromatic nitrogens is 2. The number of hydrogen-bond acceptors (Lipinski definition) is 4. The lowest BCUT2D eigenvalue weighted by Gasteiger charge is -2.26. The third-order valence-electron chi connectivity index (χ3n) is 3.09. The number of rotatable bonds is 5. The maximum atomic E-state index is 5.60. The molecule has 0 atom stereocenters. The molecule has 0 unspecified atom stereocenters. The SMILES string of the molecule is CCC(CC)N(C)c1ncc(CN)c(C)n1. The second-order valence-corrected chi connectivity index (χ2v) is 4.07. The van der Waals surface area contributed by atoms with Gasteiger partial charge in [0.15, 0.2) is 0 Å². The Balaban J connectivity index is 2.91. The zero-order chi connectivity index (χ0) is 12.1. The minimum absolute atomic E-state index is 0.501. The van der Waals surface area contributed by atoms with Crippen molar-refractivity contribution in [1.82, 2.24) is 9.97 Å². The van der Waals surface area contributed by atoms with Crippen LogP contribution in [0.15, 0.2) is 6.20 Å². The molecule has 1 aromatic heterocycles. The van der Waals surface area contributed by atoms with Crippen molar-refractivity contribution in [2.45, 2.75) is 46.2 Å². The topological polar surface area (TPSA) is 55.0 Å². The van der Waals surface area contributed by atoms with Gasteiger partial charge in [-0.1, -0.05) is 13.8 Å². The Hall–Kier alpha value is -1.16. The molecule has 1 heterocycles. The van der Waals surface area contributed by atoms with E-state index >= 15 is 0 Å². The minimum Gasteiger partial charge on any atom is -0.341 e. The molecule has 0 radical (unpaired) electrons. The van der Waals surface area contributed by atoms with Crippen molar-refractivity contribution in [1.29, 1.82) is 0 Å². The van der Waals surface area contributed by atoms with Crippen LogP contribution >= 0.6 is 0 Å². The Labute approximate surface area is 97.9 Å². The maximum Gasteiger partial charge on any atom is 0.225 e. The Kier molecular flexibility index (Phi) is 4.68. The van der Waals surface area contributed by atoms with E-state index in [1.54, 1.807) is 0 Å². The van der Waals surface area contributed by atoms with Crippen LogP contribution in [0.3, 0.4) is 0 Å². The fourth-order valence-corrected chi connectivity index (χ4v) is 1.85. The molecular formula is C12H22N4. The van der Waals surface area contributed by atoms with Crippen molar-refractivity contribution in [3.8, 4) is 0 Å². The molecule has 4 heteroatoms. The molecule has 90 valence electrons. The number of anilines is 1. The summed E-state index contributed by atoms with van der Waals surface area (Å²) >= 11 is 0. The minimum atomic E-state index is 0.501. The van der Waals surface area contributed by atoms with Gasteiger partial charge in [-0.05, 0) is 19.8 Å². The molecule has 4 nitrogen and oxygen atoms in total. The molecule has 2 N–H and O–H groups in total. The fraction of sp³-hybridized carbons (Fsp3) is 0.667. The first-order chi connectivity index (χ1) is 7.63. The molecule has 0 saturated carbocycles. The number of nitrogens with zero attached hydrogens (tertiary/aromatic N) is 3. The van der Waals surface area contributed by atoms with E-state index in [1.807, 2.05) is 13.1 Å². The van der Waals surface area contributed by atoms with Gasteiger partial charge in [0.2, 0.25) is 5.95 Å². The van der Waals surface area contributed by atoms with E-state index in [0.29, 0.717) is 12.6 Å². The van der Waals surface area contributed by atoms with Crippen molar-refractivity contribution < 1.29 is 0 Å². The van der Waals surface area contributed by atoms with Gasteiger partial charge in [0.25, 0.3) is 0 Å². The number of aryl methyl sites for hydroxylation is 1. The molecule has 0 amide bonds. The average Bonchev–Trinajstić information content (AvgIpc) is 2.30. The van der Waals surface area contributed by atoms with E-state index in [2.05, 4.69) is 35.8 Å². The van der Waals surface area contributed by atoms with Crippen molar-refractivity contribution in [2.24, 2.45) is 5.73 Å².